The van der Waals surface area contributed by atoms with E-state index < -0.39 is 11.5 Å². The Morgan fingerprint density at radius 2 is 2.05 bits per heavy atom. The second kappa shape index (κ2) is 4.44. The lowest BCUT2D eigenvalue weighted by Crippen LogP contribution is -2.28. The van der Waals surface area contributed by atoms with Gasteiger partial charge in [-0.1, -0.05) is 5.16 Å². The summed E-state index contributed by atoms with van der Waals surface area (Å²) < 4.78 is 32.9. The number of anilines is 1. The second-order valence-electron chi connectivity index (χ2n) is 5.57. The molecule has 0 spiro atoms. The maximum Gasteiger partial charge on any atom is 0.266 e. The van der Waals surface area contributed by atoms with Gasteiger partial charge in [0.05, 0.1) is 18.9 Å². The van der Waals surface area contributed by atoms with Gasteiger partial charge in [0.1, 0.15) is 0 Å². The molecule has 2 aliphatic rings. The Kier molecular flexibility index (Phi) is 2.66. The van der Waals surface area contributed by atoms with Gasteiger partial charge in [-0.25, -0.2) is 18.7 Å². The Balaban J connectivity index is 1.54. The molecule has 8 heteroatoms. The van der Waals surface area contributed by atoms with E-state index >= 15 is 0 Å². The molecular formula is C13H13F2N5O. The summed E-state index contributed by atoms with van der Waals surface area (Å²) in [5.41, 5.74) is -1.70. The summed E-state index contributed by atoms with van der Waals surface area (Å²) in [4.78, 5) is 13.6. The summed E-state index contributed by atoms with van der Waals surface area (Å²) in [6.45, 7) is 0.453. The van der Waals surface area contributed by atoms with Crippen molar-refractivity contribution in [2.24, 2.45) is 0 Å². The highest BCUT2D eigenvalue weighted by Crippen LogP contribution is 2.41. The van der Waals surface area contributed by atoms with Crippen LogP contribution in [-0.2, 0) is 5.67 Å². The average Bonchev–Trinajstić information content (AvgIpc) is 3.06. The van der Waals surface area contributed by atoms with Gasteiger partial charge in [0.15, 0.2) is 11.6 Å². The lowest BCUT2D eigenvalue weighted by molar-refractivity contribution is 0.135. The molecule has 0 bridgehead atoms. The topological polar surface area (TPSA) is 67.9 Å². The van der Waals surface area contributed by atoms with E-state index in [1.165, 1.54) is 0 Å². The molecule has 1 aliphatic carbocycles. The molecule has 1 saturated heterocycles. The first-order valence-electron chi connectivity index (χ1n) is 6.89. The standard InChI is InChI=1S/C13H13F2N5O/c14-9-5-16-12(17-6-9)20-4-3-13(15,7-20)11-18-10(19-21-11)8-1-2-8/h5-6,8H,1-4,7H2. The zero-order valence-electron chi connectivity index (χ0n) is 11.2. The number of alkyl halides is 1. The minimum absolute atomic E-state index is 0.0222. The summed E-state index contributed by atoms with van der Waals surface area (Å²) in [5.74, 6) is 0.727. The smallest absolute Gasteiger partial charge is 0.266 e. The van der Waals surface area contributed by atoms with Crippen molar-refractivity contribution in [2.45, 2.75) is 30.8 Å². The molecule has 3 heterocycles. The van der Waals surface area contributed by atoms with Gasteiger partial charge in [-0.15, -0.1) is 0 Å². The Labute approximate surface area is 119 Å². The maximum absolute atomic E-state index is 15.0. The fourth-order valence-electron chi connectivity index (χ4n) is 2.51. The average molecular weight is 293 g/mol. The summed E-state index contributed by atoms with van der Waals surface area (Å²) in [5, 5.41) is 3.85. The van der Waals surface area contributed by atoms with Gasteiger partial charge in [-0.3, -0.25) is 0 Å². The molecule has 6 nitrogen and oxygen atoms in total. The minimum atomic E-state index is -1.70. The first kappa shape index (κ1) is 12.6. The van der Waals surface area contributed by atoms with E-state index in [2.05, 4.69) is 20.1 Å². The van der Waals surface area contributed by atoms with Crippen LogP contribution in [0.3, 0.4) is 0 Å². The van der Waals surface area contributed by atoms with Crippen molar-refractivity contribution in [3.63, 3.8) is 0 Å². The van der Waals surface area contributed by atoms with Crippen molar-refractivity contribution >= 4 is 5.95 Å². The molecule has 110 valence electrons. The zero-order valence-corrected chi connectivity index (χ0v) is 11.2. The highest BCUT2D eigenvalue weighted by molar-refractivity contribution is 5.33. The van der Waals surface area contributed by atoms with Crippen molar-refractivity contribution in [1.29, 1.82) is 0 Å². The molecule has 1 aliphatic heterocycles. The third-order valence-electron chi connectivity index (χ3n) is 3.88. The van der Waals surface area contributed by atoms with Gasteiger partial charge in [-0.05, 0) is 12.8 Å². The Hall–Kier alpha value is -2.12. The summed E-state index contributed by atoms with van der Waals surface area (Å²) >= 11 is 0. The van der Waals surface area contributed by atoms with Gasteiger partial charge in [0.25, 0.3) is 5.89 Å². The van der Waals surface area contributed by atoms with E-state index in [4.69, 9.17) is 4.52 Å². The van der Waals surface area contributed by atoms with Crippen LogP contribution in [0.4, 0.5) is 14.7 Å². The Morgan fingerprint density at radius 1 is 1.29 bits per heavy atom. The van der Waals surface area contributed by atoms with E-state index in [-0.39, 0.29) is 18.9 Å². The normalized spacial score (nSPS) is 25.5. The SMILES string of the molecule is Fc1cnc(N2CCC(F)(c3nc(C4CC4)no3)C2)nc1. The molecule has 1 saturated carbocycles. The number of hydrogen-bond donors (Lipinski definition) is 0. The van der Waals surface area contributed by atoms with E-state index in [1.54, 1.807) is 4.90 Å². The molecule has 1 atom stereocenters. The minimum Gasteiger partial charge on any atom is -0.337 e. The fourth-order valence-corrected chi connectivity index (χ4v) is 2.51. The van der Waals surface area contributed by atoms with E-state index in [9.17, 15) is 8.78 Å². The Morgan fingerprint density at radius 3 is 2.76 bits per heavy atom. The first-order chi connectivity index (χ1) is 10.1. The van der Waals surface area contributed by atoms with Crippen molar-refractivity contribution in [2.75, 3.05) is 18.0 Å². The van der Waals surface area contributed by atoms with Gasteiger partial charge >= 0.3 is 0 Å². The molecule has 2 aromatic rings. The number of halogens is 2. The van der Waals surface area contributed by atoms with E-state index in [1.807, 2.05) is 0 Å². The predicted octanol–water partition coefficient (Wildman–Crippen LogP) is 1.95. The monoisotopic (exact) mass is 293 g/mol. The molecule has 0 radical (unpaired) electrons. The molecule has 0 N–H and O–H groups in total. The van der Waals surface area contributed by atoms with Crippen LogP contribution in [0.15, 0.2) is 16.9 Å². The molecule has 21 heavy (non-hydrogen) atoms. The summed E-state index contributed by atoms with van der Waals surface area (Å²) in [6.07, 6.45) is 4.43. The molecule has 1 unspecified atom stereocenters. The summed E-state index contributed by atoms with van der Waals surface area (Å²) in [7, 11) is 0. The predicted molar refractivity (Wildman–Crippen MR) is 67.9 cm³/mol. The number of hydrogen-bond acceptors (Lipinski definition) is 6. The quantitative estimate of drug-likeness (QED) is 0.861. The highest BCUT2D eigenvalue weighted by Gasteiger charge is 2.46. The third-order valence-corrected chi connectivity index (χ3v) is 3.88. The Bertz CT molecular complexity index is 657. The maximum atomic E-state index is 15.0. The summed E-state index contributed by atoms with van der Waals surface area (Å²) in [6, 6.07) is 0. The lowest BCUT2D eigenvalue weighted by Gasteiger charge is -2.17. The largest absolute Gasteiger partial charge is 0.337 e. The lowest BCUT2D eigenvalue weighted by atomic mass is 10.1. The van der Waals surface area contributed by atoms with E-state index in [0.717, 1.165) is 25.2 Å². The molecule has 0 amide bonds. The van der Waals surface area contributed by atoms with Crippen molar-refractivity contribution in [1.82, 2.24) is 20.1 Å². The van der Waals surface area contributed by atoms with Crippen molar-refractivity contribution < 1.29 is 13.3 Å². The molecule has 4 rings (SSSR count). The van der Waals surface area contributed by atoms with Crippen LogP contribution in [0.5, 0.6) is 0 Å². The number of rotatable bonds is 3. The van der Waals surface area contributed by atoms with Gasteiger partial charge in [0, 0.05) is 18.9 Å². The van der Waals surface area contributed by atoms with Gasteiger partial charge in [0.2, 0.25) is 11.6 Å². The third kappa shape index (κ3) is 2.24. The van der Waals surface area contributed by atoms with Crippen LogP contribution >= 0.6 is 0 Å². The molecule has 2 aromatic heterocycles. The fraction of sp³-hybridized carbons (Fsp3) is 0.538. The van der Waals surface area contributed by atoms with Crippen LogP contribution < -0.4 is 4.90 Å². The molecule has 2 fully saturated rings. The van der Waals surface area contributed by atoms with Crippen LogP contribution in [-0.4, -0.2) is 33.2 Å². The van der Waals surface area contributed by atoms with Gasteiger partial charge < -0.3 is 9.42 Å². The molecule has 0 aromatic carbocycles. The van der Waals surface area contributed by atoms with Crippen LogP contribution in [0.25, 0.3) is 0 Å². The van der Waals surface area contributed by atoms with E-state index in [0.29, 0.717) is 24.2 Å². The number of nitrogens with zero attached hydrogens (tertiary/aromatic N) is 5. The first-order valence-corrected chi connectivity index (χ1v) is 6.89. The highest BCUT2D eigenvalue weighted by atomic mass is 19.1. The second-order valence-corrected chi connectivity index (χ2v) is 5.57. The van der Waals surface area contributed by atoms with Gasteiger partial charge in [-0.2, -0.15) is 4.98 Å². The zero-order chi connectivity index (χ0) is 14.4. The van der Waals surface area contributed by atoms with Crippen LogP contribution in [0, 0.1) is 5.82 Å². The molecular weight excluding hydrogens is 280 g/mol. The van der Waals surface area contributed by atoms with Crippen molar-refractivity contribution in [3.8, 4) is 0 Å². The van der Waals surface area contributed by atoms with Crippen molar-refractivity contribution in [3.05, 3.63) is 29.9 Å². The van der Waals surface area contributed by atoms with Crippen LogP contribution in [0.2, 0.25) is 0 Å². The number of aromatic nitrogens is 4. The van der Waals surface area contributed by atoms with Crippen LogP contribution in [0.1, 0.15) is 36.9 Å².